The summed E-state index contributed by atoms with van der Waals surface area (Å²) in [7, 11) is 0. The predicted molar refractivity (Wildman–Crippen MR) is 128 cm³/mol. The van der Waals surface area contributed by atoms with Crippen LogP contribution in [0, 0.1) is 0 Å². The van der Waals surface area contributed by atoms with E-state index in [2.05, 4.69) is 0 Å². The summed E-state index contributed by atoms with van der Waals surface area (Å²) in [6.07, 6.45) is 0.0382. The van der Waals surface area contributed by atoms with Gasteiger partial charge in [-0.1, -0.05) is 24.3 Å². The summed E-state index contributed by atoms with van der Waals surface area (Å²) in [4.78, 5) is 0. The molecule has 8 N–H and O–H groups in total. The van der Waals surface area contributed by atoms with E-state index in [1.807, 2.05) is 0 Å². The van der Waals surface area contributed by atoms with Gasteiger partial charge < -0.3 is 40.9 Å². The first-order valence-corrected chi connectivity index (χ1v) is 10.7. The highest BCUT2D eigenvalue weighted by atomic mass is 16.3. The second-order valence-corrected chi connectivity index (χ2v) is 8.30. The zero-order chi connectivity index (χ0) is 25.3. The van der Waals surface area contributed by atoms with Gasteiger partial charge in [0.05, 0.1) is 0 Å². The quantitative estimate of drug-likeness (QED) is 0.206. The van der Waals surface area contributed by atoms with Crippen LogP contribution in [0.4, 0.5) is 0 Å². The lowest BCUT2D eigenvalue weighted by Gasteiger charge is -2.16. The first-order chi connectivity index (χ1) is 16.6. The fraction of sp³-hybridized carbons (Fsp3) is 0.111. The lowest BCUT2D eigenvalue weighted by atomic mass is 9.93. The highest BCUT2D eigenvalue weighted by Crippen LogP contribution is 2.39. The molecule has 180 valence electrons. The third-order valence-corrected chi connectivity index (χ3v) is 5.94. The molecule has 0 amide bonds. The highest BCUT2D eigenvalue weighted by Gasteiger charge is 2.19. The number of phenolic OH excluding ortho intramolecular Hbond substituents is 8. The van der Waals surface area contributed by atoms with Gasteiger partial charge in [-0.15, -0.1) is 0 Å². The van der Waals surface area contributed by atoms with E-state index >= 15 is 0 Å². The van der Waals surface area contributed by atoms with E-state index < -0.39 is 0 Å². The zero-order valence-corrected chi connectivity index (χ0v) is 18.5. The van der Waals surface area contributed by atoms with Crippen LogP contribution in [-0.2, 0) is 19.3 Å². The minimum Gasteiger partial charge on any atom is -0.508 e. The molecule has 0 saturated carbocycles. The Morgan fingerprint density at radius 1 is 0.371 bits per heavy atom. The second kappa shape index (κ2) is 9.26. The van der Waals surface area contributed by atoms with Gasteiger partial charge in [0.15, 0.2) is 0 Å². The van der Waals surface area contributed by atoms with Crippen LogP contribution < -0.4 is 0 Å². The van der Waals surface area contributed by atoms with E-state index in [9.17, 15) is 40.9 Å². The van der Waals surface area contributed by atoms with Gasteiger partial charge >= 0.3 is 0 Å². The number of hydrogen-bond donors (Lipinski definition) is 8. The molecule has 0 spiro atoms. The molecule has 0 radical (unpaired) electrons. The minimum absolute atomic E-state index is 0.00937. The highest BCUT2D eigenvalue weighted by molar-refractivity contribution is 5.57. The molecule has 0 fully saturated rings. The number of rotatable bonds is 6. The van der Waals surface area contributed by atoms with Gasteiger partial charge in [0.25, 0.3) is 0 Å². The van der Waals surface area contributed by atoms with Gasteiger partial charge in [0.1, 0.15) is 46.0 Å². The summed E-state index contributed by atoms with van der Waals surface area (Å²) < 4.78 is 0. The van der Waals surface area contributed by atoms with Crippen molar-refractivity contribution in [2.75, 3.05) is 0 Å². The molecule has 0 unspecified atom stereocenters. The lowest BCUT2D eigenvalue weighted by molar-refractivity contribution is 0.430. The third kappa shape index (κ3) is 4.81. The summed E-state index contributed by atoms with van der Waals surface area (Å²) >= 11 is 0. The molecule has 8 heteroatoms. The summed E-state index contributed by atoms with van der Waals surface area (Å²) in [5.41, 5.74) is 1.86. The van der Waals surface area contributed by atoms with Gasteiger partial charge in [-0.3, -0.25) is 0 Å². The van der Waals surface area contributed by atoms with Crippen LogP contribution in [0.25, 0.3) is 0 Å². The Morgan fingerprint density at radius 3 is 1.11 bits per heavy atom. The first kappa shape index (κ1) is 23.4. The van der Waals surface area contributed by atoms with Crippen LogP contribution in [0.1, 0.15) is 33.4 Å². The van der Waals surface area contributed by atoms with Crippen molar-refractivity contribution in [2.24, 2.45) is 0 Å². The van der Waals surface area contributed by atoms with Crippen LogP contribution in [-0.4, -0.2) is 40.9 Å². The van der Waals surface area contributed by atoms with Crippen molar-refractivity contribution in [3.05, 3.63) is 94.0 Å². The number of hydrogen-bond acceptors (Lipinski definition) is 8. The molecule has 0 aromatic heterocycles. The summed E-state index contributed by atoms with van der Waals surface area (Å²) in [5, 5.41) is 81.5. The molecule has 0 bridgehead atoms. The Bertz CT molecular complexity index is 1300. The van der Waals surface area contributed by atoms with E-state index in [0.717, 1.165) is 12.1 Å². The van der Waals surface area contributed by atoms with Crippen LogP contribution in [0.2, 0.25) is 0 Å². The van der Waals surface area contributed by atoms with Crippen LogP contribution in [0.15, 0.2) is 60.7 Å². The normalized spacial score (nSPS) is 11.0. The van der Waals surface area contributed by atoms with Crippen molar-refractivity contribution in [2.45, 2.75) is 19.3 Å². The van der Waals surface area contributed by atoms with Crippen LogP contribution in [0.3, 0.4) is 0 Å². The molecule has 4 aromatic rings. The summed E-state index contributed by atoms with van der Waals surface area (Å²) in [5.74, 6) is -1.42. The number of aromatic hydroxyl groups is 8. The minimum atomic E-state index is -0.220. The molecular formula is C27H24O8. The van der Waals surface area contributed by atoms with E-state index in [1.54, 1.807) is 0 Å². The van der Waals surface area contributed by atoms with E-state index in [0.29, 0.717) is 22.3 Å². The van der Waals surface area contributed by atoms with Crippen LogP contribution in [0.5, 0.6) is 46.0 Å². The van der Waals surface area contributed by atoms with Gasteiger partial charge in [0, 0.05) is 42.5 Å². The molecular weight excluding hydrogens is 452 g/mol. The molecule has 8 nitrogen and oxygen atoms in total. The average molecular weight is 476 g/mol. The van der Waals surface area contributed by atoms with Gasteiger partial charge in [-0.2, -0.15) is 0 Å². The van der Waals surface area contributed by atoms with Crippen molar-refractivity contribution < 1.29 is 40.9 Å². The van der Waals surface area contributed by atoms with Crippen molar-refractivity contribution in [3.63, 3.8) is 0 Å². The average Bonchev–Trinajstić information content (AvgIpc) is 2.80. The maximum atomic E-state index is 10.9. The predicted octanol–water partition coefficient (Wildman–Crippen LogP) is 4.10. The van der Waals surface area contributed by atoms with E-state index in [1.165, 1.54) is 48.5 Å². The van der Waals surface area contributed by atoms with Crippen LogP contribution >= 0.6 is 0 Å². The number of phenols is 8. The Labute approximate surface area is 200 Å². The molecule has 0 aliphatic heterocycles. The Hall–Kier alpha value is -4.72. The smallest absolute Gasteiger partial charge is 0.126 e. The molecule has 0 aliphatic rings. The molecule has 4 rings (SSSR count). The van der Waals surface area contributed by atoms with Crippen molar-refractivity contribution in [1.82, 2.24) is 0 Å². The molecule has 35 heavy (non-hydrogen) atoms. The molecule has 0 saturated heterocycles. The molecule has 0 atom stereocenters. The zero-order valence-electron chi connectivity index (χ0n) is 18.5. The van der Waals surface area contributed by atoms with E-state index in [4.69, 9.17) is 0 Å². The van der Waals surface area contributed by atoms with Gasteiger partial charge in [-0.05, 0) is 46.5 Å². The lowest BCUT2D eigenvalue weighted by Crippen LogP contribution is -1.98. The van der Waals surface area contributed by atoms with Crippen molar-refractivity contribution in [1.29, 1.82) is 0 Å². The van der Waals surface area contributed by atoms with E-state index in [-0.39, 0.29) is 76.4 Å². The summed E-state index contributed by atoms with van der Waals surface area (Å²) in [6.45, 7) is 0. The number of benzene rings is 4. The first-order valence-electron chi connectivity index (χ1n) is 10.7. The fourth-order valence-electron chi connectivity index (χ4n) is 3.97. The van der Waals surface area contributed by atoms with Gasteiger partial charge in [-0.25, -0.2) is 0 Å². The maximum absolute atomic E-state index is 10.9. The van der Waals surface area contributed by atoms with Gasteiger partial charge in [0.2, 0.25) is 0 Å². The molecule has 0 heterocycles. The maximum Gasteiger partial charge on any atom is 0.126 e. The Balaban J connectivity index is 1.66. The standard InChI is InChI=1S/C27H24O8/c28-18-5-1-14(24(32)12-18)10-20-22(30)7-3-16(26(20)34)9-17-4-8-23(31)21(27(17)35)11-15-2-6-19(29)13-25(15)33/h1-8,12-13,28-35H,9-11H2. The fourth-order valence-corrected chi connectivity index (χ4v) is 3.97. The largest absolute Gasteiger partial charge is 0.508 e. The summed E-state index contributed by atoms with van der Waals surface area (Å²) in [6, 6.07) is 13.9. The Morgan fingerprint density at radius 2 is 0.743 bits per heavy atom. The van der Waals surface area contributed by atoms with Crippen molar-refractivity contribution >= 4 is 0 Å². The monoisotopic (exact) mass is 476 g/mol. The Kier molecular flexibility index (Phi) is 6.20. The second-order valence-electron chi connectivity index (χ2n) is 8.30. The SMILES string of the molecule is Oc1ccc(Cc2c(O)ccc(Cc3ccc(O)c(Cc4ccc(O)cc4O)c3O)c2O)c(O)c1. The molecule has 4 aromatic carbocycles. The molecule has 0 aliphatic carbocycles. The topological polar surface area (TPSA) is 162 Å². The van der Waals surface area contributed by atoms with Crippen molar-refractivity contribution in [3.8, 4) is 46.0 Å². The third-order valence-electron chi connectivity index (χ3n) is 5.94.